The van der Waals surface area contributed by atoms with Crippen molar-refractivity contribution in [3.05, 3.63) is 0 Å². The lowest BCUT2D eigenvalue weighted by atomic mass is 10.1. The van der Waals surface area contributed by atoms with E-state index in [4.69, 9.17) is 4.74 Å². The second-order valence-electron chi connectivity index (χ2n) is 4.40. The lowest BCUT2D eigenvalue weighted by Crippen LogP contribution is -2.46. The van der Waals surface area contributed by atoms with Gasteiger partial charge in [-0.3, -0.25) is 4.79 Å². The summed E-state index contributed by atoms with van der Waals surface area (Å²) in [5, 5.41) is 3.25. The minimum Gasteiger partial charge on any atom is -0.370 e. The highest BCUT2D eigenvalue weighted by Gasteiger charge is 2.19. The van der Waals surface area contributed by atoms with Crippen molar-refractivity contribution in [2.75, 3.05) is 32.8 Å². The molecule has 1 amide bonds. The molecule has 4 nitrogen and oxygen atoms in total. The molecule has 2 heterocycles. The lowest BCUT2D eigenvalue weighted by molar-refractivity contribution is -0.137. The number of amides is 1. The number of piperidine rings is 1. The van der Waals surface area contributed by atoms with Gasteiger partial charge in [-0.1, -0.05) is 0 Å². The van der Waals surface area contributed by atoms with Gasteiger partial charge in [0, 0.05) is 19.1 Å². The second kappa shape index (κ2) is 5.47. The number of hydrogen-bond donors (Lipinski definition) is 1. The Morgan fingerprint density at radius 1 is 1.33 bits per heavy atom. The number of carbonyl (C=O) groups excluding carboxylic acids is 1. The summed E-state index contributed by atoms with van der Waals surface area (Å²) in [5.74, 6) is 0.161. The molecular weight excluding hydrogens is 192 g/mol. The van der Waals surface area contributed by atoms with Crippen molar-refractivity contribution in [3.8, 4) is 0 Å². The third-order valence-electron chi connectivity index (χ3n) is 3.18. The van der Waals surface area contributed by atoms with Crippen LogP contribution < -0.4 is 5.32 Å². The first-order chi connectivity index (χ1) is 7.36. The standard InChI is InChI=1S/C11H20N2O2/c14-11(13-6-2-1-3-7-13)9-15-8-10-4-5-12-10/h10,12H,1-9H2. The predicted octanol–water partition coefficient (Wildman–Crippen LogP) is 0.377. The molecule has 2 saturated heterocycles. The van der Waals surface area contributed by atoms with Gasteiger partial charge in [-0.25, -0.2) is 0 Å². The van der Waals surface area contributed by atoms with Crippen LogP contribution in [0.5, 0.6) is 0 Å². The topological polar surface area (TPSA) is 41.6 Å². The minimum atomic E-state index is 0.161. The Labute approximate surface area is 91.0 Å². The van der Waals surface area contributed by atoms with E-state index in [9.17, 15) is 4.79 Å². The fourth-order valence-corrected chi connectivity index (χ4v) is 2.01. The van der Waals surface area contributed by atoms with Crippen molar-refractivity contribution in [3.63, 3.8) is 0 Å². The van der Waals surface area contributed by atoms with Crippen LogP contribution in [0, 0.1) is 0 Å². The third kappa shape index (κ3) is 3.18. The molecule has 1 atom stereocenters. The molecule has 4 heteroatoms. The monoisotopic (exact) mass is 212 g/mol. The summed E-state index contributed by atoms with van der Waals surface area (Å²) in [6.07, 6.45) is 4.74. The Bertz CT molecular complexity index is 211. The van der Waals surface area contributed by atoms with Crippen LogP contribution in [0.2, 0.25) is 0 Å². The van der Waals surface area contributed by atoms with E-state index in [2.05, 4.69) is 5.32 Å². The van der Waals surface area contributed by atoms with E-state index in [0.717, 1.165) is 32.5 Å². The molecule has 0 aromatic carbocycles. The average Bonchev–Trinajstić information content (AvgIpc) is 2.23. The van der Waals surface area contributed by atoms with Gasteiger partial charge < -0.3 is 15.0 Å². The number of carbonyl (C=O) groups is 1. The summed E-state index contributed by atoms with van der Waals surface area (Å²) in [7, 11) is 0. The summed E-state index contributed by atoms with van der Waals surface area (Å²) >= 11 is 0. The summed E-state index contributed by atoms with van der Waals surface area (Å²) in [4.78, 5) is 13.6. The highest BCUT2D eigenvalue weighted by atomic mass is 16.5. The summed E-state index contributed by atoms with van der Waals surface area (Å²) in [5.41, 5.74) is 0. The molecule has 0 spiro atoms. The van der Waals surface area contributed by atoms with Crippen LogP contribution in [0.4, 0.5) is 0 Å². The minimum absolute atomic E-state index is 0.161. The van der Waals surface area contributed by atoms with Crippen LogP contribution in [0.3, 0.4) is 0 Å². The number of likely N-dealkylation sites (tertiary alicyclic amines) is 1. The Morgan fingerprint density at radius 2 is 2.07 bits per heavy atom. The Balaban J connectivity index is 1.58. The van der Waals surface area contributed by atoms with E-state index in [0.29, 0.717) is 12.6 Å². The Kier molecular flexibility index (Phi) is 3.97. The number of ether oxygens (including phenoxy) is 1. The zero-order valence-electron chi connectivity index (χ0n) is 9.21. The first kappa shape index (κ1) is 10.9. The van der Waals surface area contributed by atoms with Crippen LogP contribution in [0.1, 0.15) is 25.7 Å². The number of hydrogen-bond acceptors (Lipinski definition) is 3. The molecule has 0 aromatic rings. The summed E-state index contributed by atoms with van der Waals surface area (Å²) in [6, 6.07) is 0.485. The molecule has 0 radical (unpaired) electrons. The van der Waals surface area contributed by atoms with Gasteiger partial charge in [-0.2, -0.15) is 0 Å². The van der Waals surface area contributed by atoms with Crippen molar-refractivity contribution >= 4 is 5.91 Å². The average molecular weight is 212 g/mol. The first-order valence-electron chi connectivity index (χ1n) is 5.95. The van der Waals surface area contributed by atoms with E-state index in [1.54, 1.807) is 0 Å². The van der Waals surface area contributed by atoms with Gasteiger partial charge in [-0.05, 0) is 32.2 Å². The highest BCUT2D eigenvalue weighted by molar-refractivity contribution is 5.77. The first-order valence-corrected chi connectivity index (χ1v) is 5.95. The number of rotatable bonds is 4. The van der Waals surface area contributed by atoms with E-state index in [1.807, 2.05) is 4.90 Å². The van der Waals surface area contributed by atoms with Crippen molar-refractivity contribution in [1.82, 2.24) is 10.2 Å². The van der Waals surface area contributed by atoms with E-state index >= 15 is 0 Å². The summed E-state index contributed by atoms with van der Waals surface area (Å²) < 4.78 is 5.40. The fourth-order valence-electron chi connectivity index (χ4n) is 2.01. The van der Waals surface area contributed by atoms with Crippen molar-refractivity contribution < 1.29 is 9.53 Å². The van der Waals surface area contributed by atoms with Crippen molar-refractivity contribution in [1.29, 1.82) is 0 Å². The van der Waals surface area contributed by atoms with Crippen LogP contribution >= 0.6 is 0 Å². The van der Waals surface area contributed by atoms with Gasteiger partial charge in [-0.15, -0.1) is 0 Å². The van der Waals surface area contributed by atoms with E-state index < -0.39 is 0 Å². The highest BCUT2D eigenvalue weighted by Crippen LogP contribution is 2.09. The molecule has 1 N–H and O–H groups in total. The summed E-state index contributed by atoms with van der Waals surface area (Å²) in [6.45, 7) is 3.87. The van der Waals surface area contributed by atoms with Crippen molar-refractivity contribution in [2.24, 2.45) is 0 Å². The molecule has 1 unspecified atom stereocenters. The molecule has 2 rings (SSSR count). The molecule has 2 fully saturated rings. The van der Waals surface area contributed by atoms with E-state index in [1.165, 1.54) is 12.8 Å². The SMILES string of the molecule is O=C(COCC1CCN1)N1CCCCC1. The van der Waals surface area contributed by atoms with Gasteiger partial charge in [0.05, 0.1) is 6.61 Å². The maximum absolute atomic E-state index is 11.7. The van der Waals surface area contributed by atoms with Crippen LogP contribution in [0.25, 0.3) is 0 Å². The van der Waals surface area contributed by atoms with Gasteiger partial charge >= 0.3 is 0 Å². The third-order valence-corrected chi connectivity index (χ3v) is 3.18. The number of nitrogens with one attached hydrogen (secondary N) is 1. The molecule has 15 heavy (non-hydrogen) atoms. The van der Waals surface area contributed by atoms with Crippen molar-refractivity contribution in [2.45, 2.75) is 31.7 Å². The molecule has 0 aromatic heterocycles. The zero-order valence-corrected chi connectivity index (χ0v) is 9.21. The molecule has 0 saturated carbocycles. The lowest BCUT2D eigenvalue weighted by Gasteiger charge is -2.29. The van der Waals surface area contributed by atoms with Crippen LogP contribution in [-0.4, -0.2) is 49.7 Å². The van der Waals surface area contributed by atoms with E-state index in [-0.39, 0.29) is 12.5 Å². The van der Waals surface area contributed by atoms with Gasteiger partial charge in [0.2, 0.25) is 5.91 Å². The maximum Gasteiger partial charge on any atom is 0.248 e. The normalized spacial score (nSPS) is 26.1. The predicted molar refractivity (Wildman–Crippen MR) is 57.7 cm³/mol. The molecule has 86 valence electrons. The quantitative estimate of drug-likeness (QED) is 0.732. The maximum atomic E-state index is 11.7. The molecular formula is C11H20N2O2. The molecule has 2 aliphatic rings. The largest absolute Gasteiger partial charge is 0.370 e. The van der Waals surface area contributed by atoms with Gasteiger partial charge in [0.1, 0.15) is 6.61 Å². The van der Waals surface area contributed by atoms with Gasteiger partial charge in [0.15, 0.2) is 0 Å². The van der Waals surface area contributed by atoms with Crippen LogP contribution in [0.15, 0.2) is 0 Å². The zero-order chi connectivity index (χ0) is 10.5. The Hall–Kier alpha value is -0.610. The Morgan fingerprint density at radius 3 is 2.67 bits per heavy atom. The smallest absolute Gasteiger partial charge is 0.248 e. The number of nitrogens with zero attached hydrogens (tertiary/aromatic N) is 1. The fraction of sp³-hybridized carbons (Fsp3) is 0.909. The van der Waals surface area contributed by atoms with Gasteiger partial charge in [0.25, 0.3) is 0 Å². The molecule has 2 aliphatic heterocycles. The molecule has 0 aliphatic carbocycles. The second-order valence-corrected chi connectivity index (χ2v) is 4.40. The van der Waals surface area contributed by atoms with Crippen LogP contribution in [-0.2, 0) is 9.53 Å². The molecule has 0 bridgehead atoms.